The molecule has 2 heterocycles. The van der Waals surface area contributed by atoms with E-state index in [-0.39, 0.29) is 48.0 Å². The van der Waals surface area contributed by atoms with E-state index in [1.807, 2.05) is 0 Å². The Morgan fingerprint density at radius 1 is 1.09 bits per heavy atom. The number of hydrogen-bond acceptors (Lipinski definition) is 7. The zero-order valence-electron chi connectivity index (χ0n) is 16.6. The van der Waals surface area contributed by atoms with Crippen molar-refractivity contribution >= 4 is 39.3 Å². The summed E-state index contributed by atoms with van der Waals surface area (Å²) in [4.78, 5) is 14.0. The van der Waals surface area contributed by atoms with Crippen LogP contribution >= 0.6 is 23.4 Å². The number of hydrogen-bond donors (Lipinski definition) is 0. The molecule has 1 fully saturated rings. The van der Waals surface area contributed by atoms with E-state index >= 15 is 0 Å². The van der Waals surface area contributed by atoms with Gasteiger partial charge in [-0.2, -0.15) is 4.31 Å². The summed E-state index contributed by atoms with van der Waals surface area (Å²) in [7, 11) is -3.81. The molecule has 1 aliphatic rings. The molecule has 8 nitrogen and oxygen atoms in total. The van der Waals surface area contributed by atoms with E-state index in [0.29, 0.717) is 16.5 Å². The van der Waals surface area contributed by atoms with Crippen LogP contribution in [-0.2, 0) is 14.8 Å². The SMILES string of the molecule is O=C(CSc1nnc(-c2cccc(Cl)c2)o1)N1CCN(S(=O)(=O)c2cccc(F)c2)CC1. The third-order valence-corrected chi connectivity index (χ3v) is 7.76. The Hall–Kier alpha value is -2.47. The Morgan fingerprint density at radius 3 is 2.56 bits per heavy atom. The van der Waals surface area contributed by atoms with Gasteiger partial charge in [0.25, 0.3) is 5.22 Å². The van der Waals surface area contributed by atoms with E-state index in [9.17, 15) is 17.6 Å². The molecule has 1 aromatic heterocycles. The number of carbonyl (C=O) groups is 1. The van der Waals surface area contributed by atoms with Gasteiger partial charge in [-0.15, -0.1) is 10.2 Å². The molecule has 3 aromatic rings. The zero-order chi connectivity index (χ0) is 22.7. The first-order chi connectivity index (χ1) is 15.3. The van der Waals surface area contributed by atoms with Gasteiger partial charge in [0.2, 0.25) is 21.8 Å². The summed E-state index contributed by atoms with van der Waals surface area (Å²) < 4.78 is 45.6. The van der Waals surface area contributed by atoms with E-state index in [1.165, 1.54) is 22.5 Å². The molecule has 1 saturated heterocycles. The lowest BCUT2D eigenvalue weighted by Gasteiger charge is -2.33. The number of benzene rings is 2. The summed E-state index contributed by atoms with van der Waals surface area (Å²) in [5, 5.41) is 8.70. The smallest absolute Gasteiger partial charge is 0.277 e. The van der Waals surface area contributed by atoms with E-state index in [1.54, 1.807) is 29.2 Å². The summed E-state index contributed by atoms with van der Waals surface area (Å²) in [6.45, 7) is 0.751. The van der Waals surface area contributed by atoms with E-state index < -0.39 is 15.8 Å². The number of amides is 1. The van der Waals surface area contributed by atoms with Gasteiger partial charge in [-0.25, -0.2) is 12.8 Å². The van der Waals surface area contributed by atoms with Gasteiger partial charge in [0.05, 0.1) is 10.6 Å². The highest BCUT2D eigenvalue weighted by atomic mass is 35.5. The normalized spacial score (nSPS) is 15.1. The van der Waals surface area contributed by atoms with Crippen molar-refractivity contribution in [2.45, 2.75) is 10.1 Å². The van der Waals surface area contributed by atoms with Crippen molar-refractivity contribution in [2.24, 2.45) is 0 Å². The van der Waals surface area contributed by atoms with Crippen molar-refractivity contribution < 1.29 is 22.0 Å². The predicted octanol–water partition coefficient (Wildman–Crippen LogP) is 3.15. The number of nitrogens with zero attached hydrogens (tertiary/aromatic N) is 4. The molecule has 168 valence electrons. The highest BCUT2D eigenvalue weighted by molar-refractivity contribution is 7.99. The van der Waals surface area contributed by atoms with Crippen molar-refractivity contribution in [3.8, 4) is 11.5 Å². The highest BCUT2D eigenvalue weighted by Crippen LogP contribution is 2.25. The number of halogens is 2. The second-order valence-corrected chi connectivity index (χ2v) is 10.2. The van der Waals surface area contributed by atoms with Gasteiger partial charge in [0, 0.05) is 36.8 Å². The van der Waals surface area contributed by atoms with Gasteiger partial charge in [0.1, 0.15) is 5.82 Å². The van der Waals surface area contributed by atoms with Crippen LogP contribution in [0.4, 0.5) is 4.39 Å². The van der Waals surface area contributed by atoms with Crippen LogP contribution in [0.15, 0.2) is 63.1 Å². The highest BCUT2D eigenvalue weighted by Gasteiger charge is 2.30. The fraction of sp³-hybridized carbons (Fsp3) is 0.250. The van der Waals surface area contributed by atoms with Crippen LogP contribution in [0.25, 0.3) is 11.5 Å². The monoisotopic (exact) mass is 496 g/mol. The molecule has 4 rings (SSSR count). The molecule has 0 N–H and O–H groups in total. The number of carbonyl (C=O) groups excluding carboxylic acids is 1. The molecule has 0 aliphatic carbocycles. The topological polar surface area (TPSA) is 96.6 Å². The lowest BCUT2D eigenvalue weighted by atomic mass is 10.2. The molecule has 0 unspecified atom stereocenters. The van der Waals surface area contributed by atoms with E-state index in [2.05, 4.69) is 10.2 Å². The van der Waals surface area contributed by atoms with Crippen LogP contribution in [0.3, 0.4) is 0 Å². The molecule has 0 saturated carbocycles. The predicted molar refractivity (Wildman–Crippen MR) is 117 cm³/mol. The molecule has 1 aliphatic heterocycles. The summed E-state index contributed by atoms with van der Waals surface area (Å²) in [5.74, 6) is -0.399. The van der Waals surface area contributed by atoms with Crippen LogP contribution in [0.2, 0.25) is 5.02 Å². The van der Waals surface area contributed by atoms with Gasteiger partial charge in [-0.1, -0.05) is 35.5 Å². The van der Waals surface area contributed by atoms with Gasteiger partial charge in [-0.3, -0.25) is 4.79 Å². The second-order valence-electron chi connectivity index (χ2n) is 6.91. The first-order valence-electron chi connectivity index (χ1n) is 9.59. The maximum Gasteiger partial charge on any atom is 0.277 e. The molecule has 1 amide bonds. The van der Waals surface area contributed by atoms with Crippen LogP contribution in [0.1, 0.15) is 0 Å². The Labute approximate surface area is 193 Å². The van der Waals surface area contributed by atoms with E-state index in [4.69, 9.17) is 16.0 Å². The van der Waals surface area contributed by atoms with Crippen LogP contribution < -0.4 is 0 Å². The molecule has 2 aromatic carbocycles. The Morgan fingerprint density at radius 2 is 1.84 bits per heavy atom. The van der Waals surface area contributed by atoms with Crippen molar-refractivity contribution in [3.63, 3.8) is 0 Å². The average molecular weight is 497 g/mol. The first kappa shape index (κ1) is 22.7. The number of rotatable bonds is 6. The minimum atomic E-state index is -3.81. The maximum absolute atomic E-state index is 13.4. The molecular formula is C20H18ClFN4O4S2. The Balaban J connectivity index is 1.31. The summed E-state index contributed by atoms with van der Waals surface area (Å²) in [6, 6.07) is 11.9. The molecule has 0 atom stereocenters. The van der Waals surface area contributed by atoms with Crippen LogP contribution in [-0.4, -0.2) is 65.7 Å². The lowest BCUT2D eigenvalue weighted by Crippen LogP contribution is -2.50. The van der Waals surface area contributed by atoms with Crippen molar-refractivity contribution in [1.82, 2.24) is 19.4 Å². The zero-order valence-corrected chi connectivity index (χ0v) is 19.0. The molecular weight excluding hydrogens is 479 g/mol. The van der Waals surface area contributed by atoms with Crippen molar-refractivity contribution in [3.05, 3.63) is 59.4 Å². The number of piperazine rings is 1. The standard InChI is InChI=1S/C20H18ClFN4O4S2/c21-15-4-1-3-14(11-15)19-23-24-20(30-19)31-13-18(27)25-7-9-26(10-8-25)32(28,29)17-6-2-5-16(22)12-17/h1-6,11-12H,7-10,13H2. The maximum atomic E-state index is 13.4. The summed E-state index contributed by atoms with van der Waals surface area (Å²) >= 11 is 7.08. The summed E-state index contributed by atoms with van der Waals surface area (Å²) in [6.07, 6.45) is 0. The molecule has 12 heteroatoms. The molecule has 0 spiro atoms. The lowest BCUT2D eigenvalue weighted by molar-refractivity contribution is -0.129. The Kier molecular flexibility index (Phi) is 6.79. The number of thioether (sulfide) groups is 1. The third-order valence-electron chi connectivity index (χ3n) is 4.82. The van der Waals surface area contributed by atoms with E-state index in [0.717, 1.165) is 17.8 Å². The fourth-order valence-corrected chi connectivity index (χ4v) is 5.49. The quantitative estimate of drug-likeness (QED) is 0.483. The third kappa shape index (κ3) is 5.12. The molecule has 0 bridgehead atoms. The molecule has 0 radical (unpaired) electrons. The largest absolute Gasteiger partial charge is 0.411 e. The number of aromatic nitrogens is 2. The van der Waals surface area contributed by atoms with Gasteiger partial charge in [0.15, 0.2) is 0 Å². The second kappa shape index (κ2) is 9.57. The Bertz CT molecular complexity index is 1230. The van der Waals surface area contributed by atoms with Crippen molar-refractivity contribution in [1.29, 1.82) is 0 Å². The van der Waals surface area contributed by atoms with Crippen LogP contribution in [0.5, 0.6) is 0 Å². The minimum absolute atomic E-state index is 0.0772. The van der Waals surface area contributed by atoms with Gasteiger partial charge >= 0.3 is 0 Å². The van der Waals surface area contributed by atoms with Gasteiger partial charge < -0.3 is 9.32 Å². The number of sulfonamides is 1. The average Bonchev–Trinajstić information content (AvgIpc) is 3.27. The fourth-order valence-electron chi connectivity index (χ4n) is 3.18. The van der Waals surface area contributed by atoms with Crippen molar-refractivity contribution in [2.75, 3.05) is 31.9 Å². The molecule has 32 heavy (non-hydrogen) atoms. The first-order valence-corrected chi connectivity index (χ1v) is 12.4. The van der Waals surface area contributed by atoms with Crippen LogP contribution in [0, 0.1) is 5.82 Å². The summed E-state index contributed by atoms with van der Waals surface area (Å²) in [5.41, 5.74) is 0.679. The minimum Gasteiger partial charge on any atom is -0.411 e. The van der Waals surface area contributed by atoms with Gasteiger partial charge in [-0.05, 0) is 36.4 Å².